The van der Waals surface area contributed by atoms with Crippen LogP contribution in [0.15, 0.2) is 22.8 Å². The lowest BCUT2D eigenvalue weighted by Gasteiger charge is -2.24. The fraction of sp³-hybridized carbons (Fsp3) is 0.615. The third-order valence-corrected chi connectivity index (χ3v) is 2.80. The summed E-state index contributed by atoms with van der Waals surface area (Å²) in [5.74, 6) is 0.790. The van der Waals surface area contributed by atoms with Crippen LogP contribution in [0.4, 0.5) is 0 Å². The Morgan fingerprint density at radius 3 is 2.65 bits per heavy atom. The van der Waals surface area contributed by atoms with Crippen molar-refractivity contribution in [1.29, 1.82) is 0 Å². The maximum Gasteiger partial charge on any atom is 0.323 e. The molecule has 1 aromatic rings. The van der Waals surface area contributed by atoms with Crippen molar-refractivity contribution < 1.29 is 13.9 Å². The van der Waals surface area contributed by atoms with Crippen LogP contribution >= 0.6 is 0 Å². The zero-order valence-electron chi connectivity index (χ0n) is 10.9. The first-order valence-electron chi connectivity index (χ1n) is 5.97. The molecular weight excluding hydrogens is 218 g/mol. The van der Waals surface area contributed by atoms with Gasteiger partial charge in [-0.25, -0.2) is 0 Å². The lowest BCUT2D eigenvalue weighted by atomic mass is 10.0. The van der Waals surface area contributed by atoms with E-state index in [0.29, 0.717) is 0 Å². The van der Waals surface area contributed by atoms with Crippen LogP contribution in [0.1, 0.15) is 39.0 Å². The molecule has 96 valence electrons. The SMILES string of the molecule is CCC(N[C@H](C(=O)OC)C(C)C)c1ccco1. The van der Waals surface area contributed by atoms with Gasteiger partial charge >= 0.3 is 5.97 Å². The molecule has 0 amide bonds. The Balaban J connectivity index is 2.74. The minimum atomic E-state index is -0.310. The molecule has 0 bridgehead atoms. The van der Waals surface area contributed by atoms with Gasteiger partial charge in [-0.05, 0) is 24.5 Å². The zero-order valence-corrected chi connectivity index (χ0v) is 10.9. The van der Waals surface area contributed by atoms with Crippen molar-refractivity contribution in [1.82, 2.24) is 5.32 Å². The van der Waals surface area contributed by atoms with Gasteiger partial charge in [-0.2, -0.15) is 0 Å². The molecule has 4 nitrogen and oxygen atoms in total. The van der Waals surface area contributed by atoms with E-state index in [1.165, 1.54) is 7.11 Å². The van der Waals surface area contributed by atoms with Crippen LogP contribution in [0.3, 0.4) is 0 Å². The number of rotatable bonds is 6. The Bertz CT molecular complexity index is 332. The first-order chi connectivity index (χ1) is 8.10. The lowest BCUT2D eigenvalue weighted by Crippen LogP contribution is -2.43. The molecule has 2 atom stereocenters. The van der Waals surface area contributed by atoms with E-state index >= 15 is 0 Å². The van der Waals surface area contributed by atoms with Gasteiger partial charge < -0.3 is 9.15 Å². The number of nitrogens with one attached hydrogen (secondary N) is 1. The predicted molar refractivity (Wildman–Crippen MR) is 65.5 cm³/mol. The van der Waals surface area contributed by atoms with E-state index in [9.17, 15) is 4.79 Å². The van der Waals surface area contributed by atoms with Gasteiger partial charge in [-0.15, -0.1) is 0 Å². The van der Waals surface area contributed by atoms with Crippen LogP contribution < -0.4 is 5.32 Å². The second kappa shape index (κ2) is 6.45. The molecule has 4 heteroatoms. The number of carbonyl (C=O) groups excluding carboxylic acids is 1. The Morgan fingerprint density at radius 2 is 2.24 bits per heavy atom. The number of methoxy groups -OCH3 is 1. The van der Waals surface area contributed by atoms with E-state index in [0.717, 1.165) is 12.2 Å². The Morgan fingerprint density at radius 1 is 1.53 bits per heavy atom. The van der Waals surface area contributed by atoms with Gasteiger partial charge in [0.05, 0.1) is 19.4 Å². The number of hydrogen-bond acceptors (Lipinski definition) is 4. The standard InChI is InChI=1S/C13H21NO3/c1-5-10(11-7-6-8-17-11)14-12(9(2)3)13(15)16-4/h6-10,12,14H,5H2,1-4H3/t10?,12-/m0/s1. The molecule has 0 aromatic carbocycles. The Kier molecular flexibility index (Phi) is 5.22. The highest BCUT2D eigenvalue weighted by Crippen LogP contribution is 2.19. The lowest BCUT2D eigenvalue weighted by molar-refractivity contribution is -0.144. The summed E-state index contributed by atoms with van der Waals surface area (Å²) in [4.78, 5) is 11.7. The molecule has 17 heavy (non-hydrogen) atoms. The molecule has 0 saturated heterocycles. The van der Waals surface area contributed by atoms with Gasteiger partial charge in [0.1, 0.15) is 11.8 Å². The van der Waals surface area contributed by atoms with Crippen molar-refractivity contribution in [2.24, 2.45) is 5.92 Å². The van der Waals surface area contributed by atoms with Crippen LogP contribution in [0, 0.1) is 5.92 Å². The van der Waals surface area contributed by atoms with Crippen LogP contribution in [-0.4, -0.2) is 19.1 Å². The summed E-state index contributed by atoms with van der Waals surface area (Å²) in [5.41, 5.74) is 0. The monoisotopic (exact) mass is 239 g/mol. The molecule has 0 aliphatic heterocycles. The van der Waals surface area contributed by atoms with E-state index in [1.54, 1.807) is 6.26 Å². The van der Waals surface area contributed by atoms with Gasteiger partial charge in [0.15, 0.2) is 0 Å². The molecule has 0 fully saturated rings. The maximum atomic E-state index is 11.7. The van der Waals surface area contributed by atoms with Gasteiger partial charge in [0, 0.05) is 0 Å². The molecule has 1 rings (SSSR count). The second-order valence-electron chi connectivity index (χ2n) is 4.39. The first kappa shape index (κ1) is 13.8. The number of carbonyl (C=O) groups is 1. The van der Waals surface area contributed by atoms with Crippen molar-refractivity contribution in [2.45, 2.75) is 39.3 Å². The smallest absolute Gasteiger partial charge is 0.323 e. The van der Waals surface area contributed by atoms with E-state index in [-0.39, 0.29) is 24.0 Å². The molecule has 0 radical (unpaired) electrons. The zero-order chi connectivity index (χ0) is 12.8. The summed E-state index contributed by atoms with van der Waals surface area (Å²) in [6, 6.07) is 3.49. The molecular formula is C13H21NO3. The number of esters is 1. The van der Waals surface area contributed by atoms with Gasteiger partial charge in [-0.1, -0.05) is 20.8 Å². The highest BCUT2D eigenvalue weighted by Gasteiger charge is 2.26. The topological polar surface area (TPSA) is 51.5 Å². The van der Waals surface area contributed by atoms with Crippen molar-refractivity contribution in [3.05, 3.63) is 24.2 Å². The quantitative estimate of drug-likeness (QED) is 0.775. The largest absolute Gasteiger partial charge is 0.468 e. The normalized spacial score (nSPS) is 14.6. The van der Waals surface area contributed by atoms with Crippen LogP contribution in [-0.2, 0) is 9.53 Å². The van der Waals surface area contributed by atoms with Gasteiger partial charge in [-0.3, -0.25) is 10.1 Å². The summed E-state index contributed by atoms with van der Waals surface area (Å²) in [6.07, 6.45) is 2.50. The summed E-state index contributed by atoms with van der Waals surface area (Å²) in [5, 5.41) is 3.29. The number of hydrogen-bond donors (Lipinski definition) is 1. The minimum absolute atomic E-state index is 0.0384. The van der Waals surface area contributed by atoms with E-state index in [4.69, 9.17) is 9.15 Å². The molecule has 1 aromatic heterocycles. The van der Waals surface area contributed by atoms with Crippen LogP contribution in [0.5, 0.6) is 0 Å². The average Bonchev–Trinajstić information content (AvgIpc) is 2.82. The third kappa shape index (κ3) is 3.60. The van der Waals surface area contributed by atoms with Crippen molar-refractivity contribution in [3.8, 4) is 0 Å². The highest BCUT2D eigenvalue weighted by molar-refractivity contribution is 5.76. The van der Waals surface area contributed by atoms with Gasteiger partial charge in [0.25, 0.3) is 0 Å². The van der Waals surface area contributed by atoms with Gasteiger partial charge in [0.2, 0.25) is 0 Å². The summed E-state index contributed by atoms with van der Waals surface area (Å²) in [7, 11) is 1.41. The Labute approximate surface area is 102 Å². The minimum Gasteiger partial charge on any atom is -0.468 e. The fourth-order valence-electron chi connectivity index (χ4n) is 1.77. The summed E-state index contributed by atoms with van der Waals surface area (Å²) >= 11 is 0. The summed E-state index contributed by atoms with van der Waals surface area (Å²) in [6.45, 7) is 6.03. The molecule has 1 heterocycles. The van der Waals surface area contributed by atoms with Crippen molar-refractivity contribution in [3.63, 3.8) is 0 Å². The highest BCUT2D eigenvalue weighted by atomic mass is 16.5. The van der Waals surface area contributed by atoms with E-state index < -0.39 is 0 Å². The maximum absolute atomic E-state index is 11.7. The number of ether oxygens (including phenoxy) is 1. The first-order valence-corrected chi connectivity index (χ1v) is 5.97. The fourth-order valence-corrected chi connectivity index (χ4v) is 1.77. The van der Waals surface area contributed by atoms with Crippen molar-refractivity contribution in [2.75, 3.05) is 7.11 Å². The number of furan rings is 1. The van der Waals surface area contributed by atoms with E-state index in [1.807, 2.05) is 26.0 Å². The predicted octanol–water partition coefficient (Wildman–Crippen LogP) is 2.52. The van der Waals surface area contributed by atoms with E-state index in [2.05, 4.69) is 12.2 Å². The van der Waals surface area contributed by atoms with Crippen LogP contribution in [0.2, 0.25) is 0 Å². The molecule has 0 spiro atoms. The summed E-state index contributed by atoms with van der Waals surface area (Å²) < 4.78 is 10.2. The van der Waals surface area contributed by atoms with Crippen LogP contribution in [0.25, 0.3) is 0 Å². The molecule has 1 unspecified atom stereocenters. The molecule has 1 N–H and O–H groups in total. The Hall–Kier alpha value is -1.29. The second-order valence-corrected chi connectivity index (χ2v) is 4.39. The molecule has 0 aliphatic carbocycles. The van der Waals surface area contributed by atoms with Crippen molar-refractivity contribution >= 4 is 5.97 Å². The average molecular weight is 239 g/mol. The molecule has 0 aliphatic rings. The third-order valence-electron chi connectivity index (χ3n) is 2.80. The molecule has 0 saturated carbocycles.